The van der Waals surface area contributed by atoms with Crippen LogP contribution in [0.25, 0.3) is 0 Å². The van der Waals surface area contributed by atoms with Crippen LogP contribution in [0.15, 0.2) is 39.9 Å². The van der Waals surface area contributed by atoms with Crippen LogP contribution in [-0.2, 0) is 12.8 Å². The highest BCUT2D eigenvalue weighted by Crippen LogP contribution is 2.29. The van der Waals surface area contributed by atoms with Gasteiger partial charge in [0.05, 0.1) is 11.1 Å². The first kappa shape index (κ1) is 14.5. The first-order valence-electron chi connectivity index (χ1n) is 6.93. The van der Waals surface area contributed by atoms with Crippen molar-refractivity contribution in [3.05, 3.63) is 55.7 Å². The van der Waals surface area contributed by atoms with Crippen molar-refractivity contribution in [3.8, 4) is 0 Å². The number of amides is 1. The van der Waals surface area contributed by atoms with E-state index in [1.807, 2.05) is 30.3 Å². The number of fused-ring (bicyclic) bond motifs is 1. The molecule has 1 aliphatic rings. The molecular formula is C16H15BrN2OS. The van der Waals surface area contributed by atoms with Crippen LogP contribution in [0.1, 0.15) is 38.5 Å². The number of hydrazone groups is 1. The molecule has 1 aliphatic carbocycles. The van der Waals surface area contributed by atoms with E-state index in [-0.39, 0.29) is 5.91 Å². The molecule has 0 aliphatic heterocycles. The maximum absolute atomic E-state index is 12.1. The van der Waals surface area contributed by atoms with Crippen LogP contribution >= 0.6 is 27.3 Å². The fourth-order valence-corrected chi connectivity index (χ4v) is 3.93. The number of carbonyl (C=O) groups is 1. The van der Waals surface area contributed by atoms with E-state index in [4.69, 9.17) is 0 Å². The molecule has 2 aromatic rings. The maximum atomic E-state index is 12.1. The molecule has 3 rings (SSSR count). The van der Waals surface area contributed by atoms with Crippen molar-refractivity contribution >= 4 is 39.4 Å². The number of benzene rings is 1. The summed E-state index contributed by atoms with van der Waals surface area (Å²) in [5.74, 6) is -0.127. The van der Waals surface area contributed by atoms with E-state index in [9.17, 15) is 4.79 Å². The number of rotatable bonds is 3. The van der Waals surface area contributed by atoms with Gasteiger partial charge in [0.1, 0.15) is 0 Å². The zero-order valence-corrected chi connectivity index (χ0v) is 13.8. The Labute approximate surface area is 136 Å². The number of nitrogens with one attached hydrogen (secondary N) is 1. The molecule has 0 fully saturated rings. The second-order valence-electron chi connectivity index (χ2n) is 4.99. The molecule has 5 heteroatoms. The Kier molecular flexibility index (Phi) is 4.51. The van der Waals surface area contributed by atoms with E-state index in [0.29, 0.717) is 0 Å². The highest BCUT2D eigenvalue weighted by molar-refractivity contribution is 9.10. The summed E-state index contributed by atoms with van der Waals surface area (Å²) in [6.07, 6.45) is 6.31. The first-order valence-corrected chi connectivity index (χ1v) is 8.54. The van der Waals surface area contributed by atoms with Gasteiger partial charge in [-0.1, -0.05) is 34.1 Å². The zero-order chi connectivity index (χ0) is 14.7. The van der Waals surface area contributed by atoms with Gasteiger partial charge in [-0.3, -0.25) is 4.79 Å². The van der Waals surface area contributed by atoms with Gasteiger partial charge >= 0.3 is 0 Å². The minimum atomic E-state index is -0.127. The summed E-state index contributed by atoms with van der Waals surface area (Å²) >= 11 is 5.04. The van der Waals surface area contributed by atoms with Gasteiger partial charge in [-0.05, 0) is 43.4 Å². The van der Waals surface area contributed by atoms with Crippen LogP contribution in [0.5, 0.6) is 0 Å². The van der Waals surface area contributed by atoms with E-state index in [1.165, 1.54) is 23.3 Å². The van der Waals surface area contributed by atoms with Gasteiger partial charge < -0.3 is 0 Å². The number of hydrogen-bond donors (Lipinski definition) is 1. The van der Waals surface area contributed by atoms with Crippen molar-refractivity contribution in [2.75, 3.05) is 0 Å². The molecule has 0 saturated carbocycles. The Morgan fingerprint density at radius 3 is 2.90 bits per heavy atom. The summed E-state index contributed by atoms with van der Waals surface area (Å²) in [5.41, 5.74) is 4.88. The summed E-state index contributed by atoms with van der Waals surface area (Å²) in [7, 11) is 0. The van der Waals surface area contributed by atoms with E-state index in [0.717, 1.165) is 27.8 Å². The van der Waals surface area contributed by atoms with Gasteiger partial charge in [-0.15, -0.1) is 11.3 Å². The van der Waals surface area contributed by atoms with Crippen LogP contribution in [0.4, 0.5) is 0 Å². The van der Waals surface area contributed by atoms with E-state index < -0.39 is 0 Å². The first-order chi connectivity index (χ1) is 10.2. The second kappa shape index (κ2) is 6.54. The Balaban J connectivity index is 1.67. The fourth-order valence-electron chi connectivity index (χ4n) is 2.40. The van der Waals surface area contributed by atoms with Gasteiger partial charge in [0.25, 0.3) is 5.91 Å². The Morgan fingerprint density at radius 1 is 1.29 bits per heavy atom. The third kappa shape index (κ3) is 3.41. The van der Waals surface area contributed by atoms with Crippen molar-refractivity contribution in [2.45, 2.75) is 25.7 Å². The molecule has 1 heterocycles. The molecule has 1 aromatic heterocycles. The molecule has 1 aromatic carbocycles. The predicted molar refractivity (Wildman–Crippen MR) is 90.2 cm³/mol. The lowest BCUT2D eigenvalue weighted by molar-refractivity contribution is 0.0959. The number of carbonyl (C=O) groups excluding carboxylic acids is 1. The van der Waals surface area contributed by atoms with Gasteiger partial charge in [0.15, 0.2) is 0 Å². The highest BCUT2D eigenvalue weighted by atomic mass is 79.9. The van der Waals surface area contributed by atoms with Gasteiger partial charge in [-0.2, -0.15) is 5.10 Å². The molecule has 1 N–H and O–H groups in total. The number of nitrogens with zero attached hydrogens (tertiary/aromatic N) is 1. The smallest absolute Gasteiger partial charge is 0.266 e. The molecule has 0 radical (unpaired) electrons. The van der Waals surface area contributed by atoms with Crippen molar-refractivity contribution in [1.29, 1.82) is 0 Å². The van der Waals surface area contributed by atoms with Crippen LogP contribution in [0, 0.1) is 0 Å². The van der Waals surface area contributed by atoms with Crippen LogP contribution < -0.4 is 5.43 Å². The van der Waals surface area contributed by atoms with Crippen LogP contribution in [0.3, 0.4) is 0 Å². The molecule has 1 amide bonds. The number of aryl methyl sites for hydroxylation is 2. The van der Waals surface area contributed by atoms with E-state index in [1.54, 1.807) is 17.6 Å². The molecule has 0 saturated heterocycles. The van der Waals surface area contributed by atoms with Gasteiger partial charge in [0.2, 0.25) is 0 Å². The number of hydrogen-bond acceptors (Lipinski definition) is 3. The van der Waals surface area contributed by atoms with E-state index >= 15 is 0 Å². The van der Waals surface area contributed by atoms with Crippen molar-refractivity contribution in [2.24, 2.45) is 5.10 Å². The molecule has 21 heavy (non-hydrogen) atoms. The third-order valence-electron chi connectivity index (χ3n) is 3.50. The standard InChI is InChI=1S/C16H15BrN2OS/c17-13-7-3-1-6-12(13)10-18-19-16(20)15-9-11-5-2-4-8-14(11)21-15/h1,3,6-7,9-10H,2,4-5,8H2,(H,19,20). The minimum absolute atomic E-state index is 0.127. The van der Waals surface area contributed by atoms with Gasteiger partial charge in [0, 0.05) is 14.9 Å². The van der Waals surface area contributed by atoms with Gasteiger partial charge in [-0.25, -0.2) is 5.43 Å². The largest absolute Gasteiger partial charge is 0.281 e. The summed E-state index contributed by atoms with van der Waals surface area (Å²) in [6, 6.07) is 9.76. The normalized spacial score (nSPS) is 14.1. The Bertz CT molecular complexity index is 670. The lowest BCUT2D eigenvalue weighted by Gasteiger charge is -2.08. The number of thiophene rings is 1. The molecule has 0 spiro atoms. The lowest BCUT2D eigenvalue weighted by Crippen LogP contribution is -2.16. The Morgan fingerprint density at radius 2 is 2.10 bits per heavy atom. The zero-order valence-electron chi connectivity index (χ0n) is 11.4. The minimum Gasteiger partial charge on any atom is -0.266 e. The highest BCUT2D eigenvalue weighted by Gasteiger charge is 2.16. The summed E-state index contributed by atoms with van der Waals surface area (Å²) in [4.78, 5) is 14.2. The van der Waals surface area contributed by atoms with Crippen molar-refractivity contribution in [1.82, 2.24) is 5.43 Å². The monoisotopic (exact) mass is 362 g/mol. The summed E-state index contributed by atoms with van der Waals surface area (Å²) in [5, 5.41) is 4.04. The maximum Gasteiger partial charge on any atom is 0.281 e. The quantitative estimate of drug-likeness (QED) is 0.646. The molecule has 108 valence electrons. The molecule has 0 bridgehead atoms. The van der Waals surface area contributed by atoms with Crippen molar-refractivity contribution < 1.29 is 4.79 Å². The molecular weight excluding hydrogens is 348 g/mol. The summed E-state index contributed by atoms with van der Waals surface area (Å²) in [6.45, 7) is 0. The topological polar surface area (TPSA) is 41.5 Å². The summed E-state index contributed by atoms with van der Waals surface area (Å²) < 4.78 is 0.953. The third-order valence-corrected chi connectivity index (χ3v) is 5.45. The van der Waals surface area contributed by atoms with Crippen LogP contribution in [0.2, 0.25) is 0 Å². The average Bonchev–Trinajstić information content (AvgIpc) is 2.93. The van der Waals surface area contributed by atoms with E-state index in [2.05, 4.69) is 26.5 Å². The molecule has 0 unspecified atom stereocenters. The second-order valence-corrected chi connectivity index (χ2v) is 6.98. The SMILES string of the molecule is O=C(NN=Cc1ccccc1Br)c1cc2c(s1)CCCC2. The predicted octanol–water partition coefficient (Wildman–Crippen LogP) is 4.15. The number of halogens is 1. The molecule has 0 atom stereocenters. The lowest BCUT2D eigenvalue weighted by atomic mass is 9.99. The average molecular weight is 363 g/mol. The van der Waals surface area contributed by atoms with Crippen LogP contribution in [-0.4, -0.2) is 12.1 Å². The fraction of sp³-hybridized carbons (Fsp3) is 0.250. The van der Waals surface area contributed by atoms with Crippen molar-refractivity contribution in [3.63, 3.8) is 0 Å². The Hall–Kier alpha value is -1.46. The molecule has 3 nitrogen and oxygen atoms in total.